The van der Waals surface area contributed by atoms with Gasteiger partial charge in [-0.2, -0.15) is 5.10 Å². The molecule has 0 unspecified atom stereocenters. The number of hydrazone groups is 1. The van der Waals surface area contributed by atoms with Crippen LogP contribution in [0.1, 0.15) is 12.5 Å². The molecule has 2 aromatic rings. The van der Waals surface area contributed by atoms with Crippen LogP contribution in [0.3, 0.4) is 0 Å². The van der Waals surface area contributed by atoms with Crippen LogP contribution in [0, 0.1) is 0 Å². The number of nitrogens with zero attached hydrogens (tertiary/aromatic N) is 1. The van der Waals surface area contributed by atoms with E-state index in [9.17, 15) is 0 Å². The fourth-order valence-electron chi connectivity index (χ4n) is 1.83. The molecule has 0 fully saturated rings. The third-order valence-electron chi connectivity index (χ3n) is 2.79. The molecule has 2 aromatic carbocycles. The van der Waals surface area contributed by atoms with Gasteiger partial charge in [0.05, 0.1) is 30.1 Å². The lowest BCUT2D eigenvalue weighted by Crippen LogP contribution is -1.98. The minimum Gasteiger partial charge on any atom is -0.492 e. The molecule has 0 aromatic heterocycles. The van der Waals surface area contributed by atoms with E-state index < -0.39 is 0 Å². The van der Waals surface area contributed by atoms with Crippen molar-refractivity contribution >= 4 is 43.8 Å². The van der Waals surface area contributed by atoms with E-state index in [1.54, 1.807) is 13.3 Å². The first-order chi connectivity index (χ1) is 10.6. The average molecular weight is 428 g/mol. The molecular weight excluding hydrogens is 412 g/mol. The zero-order valence-electron chi connectivity index (χ0n) is 12.3. The standard InChI is InChI=1S/C16H16Br2N2O2/c1-3-22-15-9-11(8-14(18)16(15)21-2)10-19-20-13-6-4-12(17)5-7-13/h4-10,20H,3H2,1-2H3/b19-10-. The van der Waals surface area contributed by atoms with Crippen molar-refractivity contribution in [2.45, 2.75) is 6.92 Å². The zero-order valence-corrected chi connectivity index (χ0v) is 15.4. The van der Waals surface area contributed by atoms with Gasteiger partial charge < -0.3 is 9.47 Å². The van der Waals surface area contributed by atoms with Gasteiger partial charge in [-0.1, -0.05) is 15.9 Å². The zero-order chi connectivity index (χ0) is 15.9. The fraction of sp³-hybridized carbons (Fsp3) is 0.188. The normalized spacial score (nSPS) is 10.7. The van der Waals surface area contributed by atoms with E-state index in [4.69, 9.17) is 9.47 Å². The van der Waals surface area contributed by atoms with Gasteiger partial charge in [0.1, 0.15) is 0 Å². The van der Waals surface area contributed by atoms with Crippen LogP contribution in [0.4, 0.5) is 5.69 Å². The first-order valence-electron chi connectivity index (χ1n) is 6.69. The molecule has 4 nitrogen and oxygen atoms in total. The van der Waals surface area contributed by atoms with E-state index >= 15 is 0 Å². The van der Waals surface area contributed by atoms with E-state index in [2.05, 4.69) is 42.4 Å². The maximum atomic E-state index is 5.58. The molecule has 0 aliphatic rings. The highest BCUT2D eigenvalue weighted by atomic mass is 79.9. The van der Waals surface area contributed by atoms with Gasteiger partial charge in [0, 0.05) is 4.47 Å². The van der Waals surface area contributed by atoms with E-state index in [0.29, 0.717) is 18.1 Å². The molecule has 1 N–H and O–H groups in total. The number of nitrogens with one attached hydrogen (secondary N) is 1. The second-order valence-electron chi connectivity index (χ2n) is 4.34. The van der Waals surface area contributed by atoms with Crippen LogP contribution >= 0.6 is 31.9 Å². The summed E-state index contributed by atoms with van der Waals surface area (Å²) in [6.07, 6.45) is 1.73. The molecule has 0 aliphatic heterocycles. The summed E-state index contributed by atoms with van der Waals surface area (Å²) in [6.45, 7) is 2.50. The maximum absolute atomic E-state index is 5.58. The SMILES string of the molecule is CCOc1cc(/C=N\Nc2ccc(Br)cc2)cc(Br)c1OC. The van der Waals surface area contributed by atoms with Crippen molar-refractivity contribution in [3.05, 3.63) is 50.9 Å². The average Bonchev–Trinajstić information content (AvgIpc) is 2.49. The van der Waals surface area contributed by atoms with Crippen LogP contribution in [0.15, 0.2) is 50.4 Å². The molecule has 116 valence electrons. The Bertz CT molecular complexity index is 658. The summed E-state index contributed by atoms with van der Waals surface area (Å²) in [6, 6.07) is 11.6. The third-order valence-corrected chi connectivity index (χ3v) is 3.91. The van der Waals surface area contributed by atoms with Crippen LogP contribution in [-0.4, -0.2) is 19.9 Å². The number of anilines is 1. The summed E-state index contributed by atoms with van der Waals surface area (Å²) in [7, 11) is 1.62. The predicted molar refractivity (Wildman–Crippen MR) is 97.2 cm³/mol. The number of benzene rings is 2. The van der Waals surface area contributed by atoms with Crippen molar-refractivity contribution < 1.29 is 9.47 Å². The highest BCUT2D eigenvalue weighted by Crippen LogP contribution is 2.36. The van der Waals surface area contributed by atoms with Crippen molar-refractivity contribution in [3.8, 4) is 11.5 Å². The third kappa shape index (κ3) is 4.48. The van der Waals surface area contributed by atoms with Gasteiger partial charge in [-0.3, -0.25) is 5.43 Å². The van der Waals surface area contributed by atoms with Crippen molar-refractivity contribution in [2.75, 3.05) is 19.1 Å². The molecule has 0 heterocycles. The summed E-state index contributed by atoms with van der Waals surface area (Å²) in [5.74, 6) is 1.37. The lowest BCUT2D eigenvalue weighted by Gasteiger charge is -2.11. The Morgan fingerprint density at radius 1 is 1.18 bits per heavy atom. The number of methoxy groups -OCH3 is 1. The van der Waals surface area contributed by atoms with E-state index in [1.165, 1.54) is 0 Å². The minimum absolute atomic E-state index is 0.570. The second kappa shape index (κ2) is 8.19. The van der Waals surface area contributed by atoms with E-state index in [1.807, 2.05) is 43.3 Å². The van der Waals surface area contributed by atoms with Crippen LogP contribution in [0.5, 0.6) is 11.5 Å². The van der Waals surface area contributed by atoms with Gasteiger partial charge in [0.25, 0.3) is 0 Å². The summed E-state index contributed by atoms with van der Waals surface area (Å²) in [5.41, 5.74) is 4.80. The van der Waals surface area contributed by atoms with Gasteiger partial charge in [0.2, 0.25) is 0 Å². The van der Waals surface area contributed by atoms with Gasteiger partial charge in [-0.15, -0.1) is 0 Å². The quantitative estimate of drug-likeness (QED) is 0.517. The Balaban J connectivity index is 2.14. The van der Waals surface area contributed by atoms with Crippen molar-refractivity contribution in [1.29, 1.82) is 0 Å². The van der Waals surface area contributed by atoms with E-state index in [0.717, 1.165) is 20.2 Å². The fourth-order valence-corrected chi connectivity index (χ4v) is 2.72. The molecule has 0 spiro atoms. The highest BCUT2D eigenvalue weighted by molar-refractivity contribution is 9.10. The molecule has 0 radical (unpaired) electrons. The molecular formula is C16H16Br2N2O2. The van der Waals surface area contributed by atoms with Gasteiger partial charge in [0.15, 0.2) is 11.5 Å². The topological polar surface area (TPSA) is 42.8 Å². The molecule has 0 saturated carbocycles. The monoisotopic (exact) mass is 426 g/mol. The molecule has 0 amide bonds. The van der Waals surface area contributed by atoms with Gasteiger partial charge in [-0.05, 0) is 64.8 Å². The lowest BCUT2D eigenvalue weighted by molar-refractivity contribution is 0.310. The van der Waals surface area contributed by atoms with Crippen molar-refractivity contribution in [2.24, 2.45) is 5.10 Å². The number of halogens is 2. The smallest absolute Gasteiger partial charge is 0.174 e. The van der Waals surface area contributed by atoms with Crippen LogP contribution in [0.2, 0.25) is 0 Å². The minimum atomic E-state index is 0.570. The predicted octanol–water partition coefficient (Wildman–Crippen LogP) is 5.06. The molecule has 0 saturated heterocycles. The molecule has 0 atom stereocenters. The van der Waals surface area contributed by atoms with E-state index in [-0.39, 0.29) is 0 Å². The Labute approximate surface area is 146 Å². The van der Waals surface area contributed by atoms with Gasteiger partial charge in [-0.25, -0.2) is 0 Å². The van der Waals surface area contributed by atoms with Crippen molar-refractivity contribution in [3.63, 3.8) is 0 Å². The number of rotatable bonds is 6. The molecule has 6 heteroatoms. The Morgan fingerprint density at radius 2 is 1.91 bits per heavy atom. The summed E-state index contributed by atoms with van der Waals surface area (Å²) < 4.78 is 12.8. The molecule has 0 bridgehead atoms. The first-order valence-corrected chi connectivity index (χ1v) is 8.27. The lowest BCUT2D eigenvalue weighted by atomic mass is 10.2. The summed E-state index contributed by atoms with van der Waals surface area (Å²) in [5, 5.41) is 4.23. The second-order valence-corrected chi connectivity index (χ2v) is 6.11. The largest absolute Gasteiger partial charge is 0.492 e. The molecule has 22 heavy (non-hydrogen) atoms. The summed E-state index contributed by atoms with van der Waals surface area (Å²) >= 11 is 6.88. The van der Waals surface area contributed by atoms with Crippen LogP contribution < -0.4 is 14.9 Å². The highest BCUT2D eigenvalue weighted by Gasteiger charge is 2.10. The maximum Gasteiger partial charge on any atom is 0.174 e. The van der Waals surface area contributed by atoms with Crippen molar-refractivity contribution in [1.82, 2.24) is 0 Å². The van der Waals surface area contributed by atoms with Gasteiger partial charge >= 0.3 is 0 Å². The molecule has 0 aliphatic carbocycles. The first kappa shape index (κ1) is 16.8. The Morgan fingerprint density at radius 3 is 2.55 bits per heavy atom. The number of hydrogen-bond donors (Lipinski definition) is 1. The van der Waals surface area contributed by atoms with Crippen LogP contribution in [0.25, 0.3) is 0 Å². The summed E-state index contributed by atoms with van der Waals surface area (Å²) in [4.78, 5) is 0. The Kier molecular flexibility index (Phi) is 6.27. The number of ether oxygens (including phenoxy) is 2. The van der Waals surface area contributed by atoms with Crippen LogP contribution in [-0.2, 0) is 0 Å². The Hall–Kier alpha value is -1.53. The number of hydrogen-bond acceptors (Lipinski definition) is 4. The molecule has 2 rings (SSSR count).